The van der Waals surface area contributed by atoms with Crippen molar-refractivity contribution >= 4 is 23.3 Å². The fourth-order valence-corrected chi connectivity index (χ4v) is 5.26. The van der Waals surface area contributed by atoms with Crippen LogP contribution >= 0.6 is 0 Å². The van der Waals surface area contributed by atoms with Crippen molar-refractivity contribution in [3.63, 3.8) is 0 Å². The summed E-state index contributed by atoms with van der Waals surface area (Å²) in [5, 5.41) is 3.22. The molecule has 3 heterocycles. The van der Waals surface area contributed by atoms with Gasteiger partial charge in [0.05, 0.1) is 11.9 Å². The molecule has 208 valence electrons. The maximum absolute atomic E-state index is 13.0. The van der Waals surface area contributed by atoms with Crippen LogP contribution in [0.4, 0.5) is 11.5 Å². The Kier molecular flexibility index (Phi) is 9.22. The van der Waals surface area contributed by atoms with Gasteiger partial charge in [-0.2, -0.15) is 0 Å². The molecule has 2 aliphatic rings. The normalized spacial score (nSPS) is 19.0. The van der Waals surface area contributed by atoms with Crippen molar-refractivity contribution in [3.05, 3.63) is 71.3 Å². The van der Waals surface area contributed by atoms with Crippen LogP contribution in [-0.2, 0) is 6.42 Å². The molecule has 4 rings (SSSR count). The van der Waals surface area contributed by atoms with Crippen molar-refractivity contribution in [3.8, 4) is 0 Å². The number of carbonyl (C=O) groups excluding carboxylic acids is 2. The van der Waals surface area contributed by atoms with Crippen molar-refractivity contribution in [2.45, 2.75) is 58.0 Å². The summed E-state index contributed by atoms with van der Waals surface area (Å²) < 4.78 is 0. The summed E-state index contributed by atoms with van der Waals surface area (Å²) in [6, 6.07) is 7.59. The molecule has 0 radical (unpaired) electrons. The Hall–Kier alpha value is -3.88. The molecule has 0 aliphatic carbocycles. The predicted octanol–water partition coefficient (Wildman–Crippen LogP) is 3.53. The van der Waals surface area contributed by atoms with Gasteiger partial charge in [-0.05, 0) is 75.8 Å². The Morgan fingerprint density at radius 2 is 1.95 bits per heavy atom. The first-order chi connectivity index (χ1) is 18.8. The number of nitrogens with one attached hydrogen (secondary N) is 1. The van der Waals surface area contributed by atoms with E-state index in [9.17, 15) is 9.59 Å². The van der Waals surface area contributed by atoms with Gasteiger partial charge >= 0.3 is 0 Å². The molecule has 0 unspecified atom stereocenters. The second kappa shape index (κ2) is 12.8. The van der Waals surface area contributed by atoms with Crippen LogP contribution in [0.3, 0.4) is 0 Å². The monoisotopic (exact) mass is 531 g/mol. The third-order valence-corrected chi connectivity index (χ3v) is 7.62. The molecule has 2 atom stereocenters. The Bertz CT molecular complexity index is 1220. The first-order valence-corrected chi connectivity index (χ1v) is 13.9. The van der Waals surface area contributed by atoms with Gasteiger partial charge in [0, 0.05) is 63.3 Å². The van der Waals surface area contributed by atoms with Gasteiger partial charge in [0.1, 0.15) is 11.5 Å². The van der Waals surface area contributed by atoms with Crippen LogP contribution in [0, 0.1) is 0 Å². The maximum Gasteiger partial charge on any atom is 0.269 e. The summed E-state index contributed by atoms with van der Waals surface area (Å²) in [6.45, 7) is 6.97. The lowest BCUT2D eigenvalue weighted by Gasteiger charge is -2.40. The highest BCUT2D eigenvalue weighted by Gasteiger charge is 2.31. The van der Waals surface area contributed by atoms with E-state index >= 15 is 0 Å². The third kappa shape index (κ3) is 6.96. The number of nitrogens with two attached hydrogens (primary N) is 1. The van der Waals surface area contributed by atoms with Crippen molar-refractivity contribution in [2.75, 3.05) is 43.5 Å². The maximum atomic E-state index is 13.0. The molecule has 1 aromatic heterocycles. The van der Waals surface area contributed by atoms with E-state index in [1.165, 1.54) is 5.57 Å². The second-order valence-corrected chi connectivity index (χ2v) is 10.5. The van der Waals surface area contributed by atoms with Gasteiger partial charge in [-0.3, -0.25) is 9.59 Å². The minimum Gasteiger partial charge on any atom is -0.378 e. The molecule has 0 spiro atoms. The number of rotatable bonds is 10. The van der Waals surface area contributed by atoms with Crippen molar-refractivity contribution in [1.29, 1.82) is 0 Å². The SMILES string of the molecule is CCN1C=C(CCCc2nc(N3CCC[C@@H](NC(=O)c4ccc(N(C)C)cc4)[C@H]3C)cnc2C(N)=O)C=CC1. The highest BCUT2D eigenvalue weighted by Crippen LogP contribution is 2.25. The molecular formula is C30H41N7O2. The lowest BCUT2D eigenvalue weighted by atomic mass is 9.97. The van der Waals surface area contributed by atoms with Gasteiger partial charge in [-0.1, -0.05) is 12.2 Å². The van der Waals surface area contributed by atoms with Crippen LogP contribution in [0.5, 0.6) is 0 Å². The van der Waals surface area contributed by atoms with E-state index < -0.39 is 5.91 Å². The third-order valence-electron chi connectivity index (χ3n) is 7.62. The molecule has 9 nitrogen and oxygen atoms in total. The van der Waals surface area contributed by atoms with E-state index in [4.69, 9.17) is 10.7 Å². The number of likely N-dealkylation sites (N-methyl/N-ethyl adjacent to an activating group) is 1. The molecule has 39 heavy (non-hydrogen) atoms. The predicted molar refractivity (Wildman–Crippen MR) is 156 cm³/mol. The average Bonchev–Trinajstić information content (AvgIpc) is 2.94. The van der Waals surface area contributed by atoms with Crippen molar-refractivity contribution < 1.29 is 9.59 Å². The highest BCUT2D eigenvalue weighted by molar-refractivity contribution is 5.95. The number of amides is 2. The van der Waals surface area contributed by atoms with E-state index in [-0.39, 0.29) is 23.7 Å². The minimum atomic E-state index is -0.560. The topological polar surface area (TPSA) is 108 Å². The molecule has 2 amide bonds. The number of primary amides is 1. The highest BCUT2D eigenvalue weighted by atomic mass is 16.2. The number of benzene rings is 1. The molecule has 2 aromatic rings. The van der Waals surface area contributed by atoms with Crippen molar-refractivity contribution in [2.24, 2.45) is 5.73 Å². The first-order valence-electron chi connectivity index (χ1n) is 13.9. The van der Waals surface area contributed by atoms with Gasteiger partial charge in [-0.15, -0.1) is 0 Å². The van der Waals surface area contributed by atoms with E-state index in [0.29, 0.717) is 23.5 Å². The van der Waals surface area contributed by atoms with Gasteiger partial charge < -0.3 is 25.8 Å². The zero-order valence-corrected chi connectivity index (χ0v) is 23.6. The van der Waals surface area contributed by atoms with Crippen LogP contribution in [0.25, 0.3) is 0 Å². The number of allylic oxidation sites excluding steroid dienone is 2. The summed E-state index contributed by atoms with van der Waals surface area (Å²) in [4.78, 5) is 40.9. The second-order valence-electron chi connectivity index (χ2n) is 10.5. The minimum absolute atomic E-state index is 0.0166. The standard InChI is InChI=1S/C30H41N7O2/c1-5-36-17-7-10-22(20-36)9-6-11-26-28(29(31)38)32-19-27(33-26)37-18-8-12-25(21(37)2)34-30(39)23-13-15-24(16-14-23)35(3)4/h7,10,13-16,19-21,25H,5-6,8-9,11-12,17-18H2,1-4H3,(H2,31,38)(H,34,39)/t21-,25-/m1/s1. The number of anilines is 2. The molecular weight excluding hydrogens is 490 g/mol. The average molecular weight is 532 g/mol. The Balaban J connectivity index is 1.44. The van der Waals surface area contributed by atoms with Gasteiger partial charge in [0.15, 0.2) is 0 Å². The Morgan fingerprint density at radius 3 is 2.64 bits per heavy atom. The zero-order chi connectivity index (χ0) is 27.9. The van der Waals surface area contributed by atoms with Crippen LogP contribution in [-0.4, -0.2) is 72.5 Å². The molecule has 3 N–H and O–H groups in total. The summed E-state index contributed by atoms with van der Waals surface area (Å²) >= 11 is 0. The van der Waals surface area contributed by atoms with Crippen LogP contribution in [0.2, 0.25) is 0 Å². The molecule has 0 bridgehead atoms. The quantitative estimate of drug-likeness (QED) is 0.483. The molecule has 2 aliphatic heterocycles. The summed E-state index contributed by atoms with van der Waals surface area (Å²) in [6.07, 6.45) is 12.3. The van der Waals surface area contributed by atoms with E-state index in [1.807, 2.05) is 43.3 Å². The van der Waals surface area contributed by atoms with Crippen molar-refractivity contribution in [1.82, 2.24) is 20.2 Å². The summed E-state index contributed by atoms with van der Waals surface area (Å²) in [7, 11) is 3.95. The molecule has 1 saturated heterocycles. The molecule has 1 fully saturated rings. The lowest BCUT2D eigenvalue weighted by Crippen LogP contribution is -2.54. The van der Waals surface area contributed by atoms with Crippen LogP contribution in [0.15, 0.2) is 54.4 Å². The largest absolute Gasteiger partial charge is 0.378 e. The van der Waals surface area contributed by atoms with E-state index in [0.717, 1.165) is 51.0 Å². The number of hydrogen-bond donors (Lipinski definition) is 2. The first kappa shape index (κ1) is 28.1. The number of aryl methyl sites for hydroxylation is 1. The lowest BCUT2D eigenvalue weighted by molar-refractivity contribution is 0.0923. The van der Waals surface area contributed by atoms with E-state index in [1.54, 1.807) is 6.20 Å². The number of carbonyl (C=O) groups is 2. The fourth-order valence-electron chi connectivity index (χ4n) is 5.26. The fraction of sp³-hybridized carbons (Fsp3) is 0.467. The number of nitrogens with zero attached hydrogens (tertiary/aromatic N) is 5. The number of hydrogen-bond acceptors (Lipinski definition) is 7. The Labute approximate surface area is 231 Å². The number of aromatic nitrogens is 2. The zero-order valence-electron chi connectivity index (χ0n) is 23.6. The van der Waals surface area contributed by atoms with Gasteiger partial charge in [0.25, 0.3) is 11.8 Å². The van der Waals surface area contributed by atoms with Gasteiger partial charge in [-0.25, -0.2) is 9.97 Å². The van der Waals surface area contributed by atoms with E-state index in [2.05, 4.69) is 52.3 Å². The molecule has 0 saturated carbocycles. The summed E-state index contributed by atoms with van der Waals surface area (Å²) in [5.41, 5.74) is 9.47. The van der Waals surface area contributed by atoms with Crippen LogP contribution < -0.4 is 20.9 Å². The molecule has 1 aromatic carbocycles. The molecule has 9 heteroatoms. The van der Waals surface area contributed by atoms with Crippen LogP contribution in [0.1, 0.15) is 66.1 Å². The number of piperidine rings is 1. The summed E-state index contributed by atoms with van der Waals surface area (Å²) in [5.74, 6) is 0.0726. The Morgan fingerprint density at radius 1 is 1.18 bits per heavy atom. The van der Waals surface area contributed by atoms with Gasteiger partial charge in [0.2, 0.25) is 0 Å². The smallest absolute Gasteiger partial charge is 0.269 e.